The number of carbonyl (C=O) groups is 2. The number of imide groups is 1. The molecule has 1 N–H and O–H groups in total. The van der Waals surface area contributed by atoms with Crippen LogP contribution in [0.1, 0.15) is 25.7 Å². The Balaban J connectivity index is 2.04. The van der Waals surface area contributed by atoms with Crippen molar-refractivity contribution in [2.45, 2.75) is 31.2 Å². The Hall–Kier alpha value is -1.67. The molecule has 0 unspecified atom stereocenters. The Labute approximate surface area is 137 Å². The van der Waals surface area contributed by atoms with Crippen molar-refractivity contribution in [2.24, 2.45) is 0 Å². The quantitative estimate of drug-likeness (QED) is 0.524. The smallest absolute Gasteiger partial charge is 0.323 e. The summed E-state index contributed by atoms with van der Waals surface area (Å²) in [6, 6.07) is -0.494. The molecular formula is C15H23N3O4S. The minimum absolute atomic E-state index is 0.139. The van der Waals surface area contributed by atoms with Crippen molar-refractivity contribution >= 4 is 22.0 Å². The average molecular weight is 341 g/mol. The summed E-state index contributed by atoms with van der Waals surface area (Å²) >= 11 is 0. The van der Waals surface area contributed by atoms with Crippen molar-refractivity contribution in [1.82, 2.24) is 14.5 Å². The van der Waals surface area contributed by atoms with Gasteiger partial charge in [0.05, 0.1) is 5.75 Å². The minimum Gasteiger partial charge on any atom is -0.323 e. The lowest BCUT2D eigenvalue weighted by atomic mass is 9.98. The number of nitrogens with zero attached hydrogens (tertiary/aromatic N) is 2. The van der Waals surface area contributed by atoms with Crippen LogP contribution in [-0.2, 0) is 14.8 Å². The predicted octanol–water partition coefficient (Wildman–Crippen LogP) is 0.855. The maximum atomic E-state index is 12.5. The van der Waals surface area contributed by atoms with E-state index in [9.17, 15) is 18.0 Å². The first-order chi connectivity index (χ1) is 10.9. The molecule has 3 amide bonds. The largest absolute Gasteiger partial charge is 0.325 e. The van der Waals surface area contributed by atoms with E-state index in [0.29, 0.717) is 12.8 Å². The van der Waals surface area contributed by atoms with E-state index in [1.807, 2.05) is 0 Å². The van der Waals surface area contributed by atoms with E-state index in [0.717, 1.165) is 17.7 Å². The van der Waals surface area contributed by atoms with Crippen LogP contribution in [0.3, 0.4) is 0 Å². The van der Waals surface area contributed by atoms with Crippen LogP contribution in [0.15, 0.2) is 25.3 Å². The molecule has 1 heterocycles. The molecule has 1 saturated carbocycles. The molecule has 0 aromatic heterocycles. The van der Waals surface area contributed by atoms with Gasteiger partial charge in [0.15, 0.2) is 0 Å². The maximum absolute atomic E-state index is 12.5. The fraction of sp³-hybridized carbons (Fsp3) is 0.600. The van der Waals surface area contributed by atoms with Crippen molar-refractivity contribution in [1.29, 1.82) is 0 Å². The molecule has 1 aliphatic heterocycles. The number of amides is 3. The molecule has 0 radical (unpaired) electrons. The zero-order valence-corrected chi connectivity index (χ0v) is 14.0. The Kier molecular flexibility index (Phi) is 5.26. The van der Waals surface area contributed by atoms with Gasteiger partial charge in [-0.2, -0.15) is 4.31 Å². The van der Waals surface area contributed by atoms with Gasteiger partial charge in [-0.15, -0.1) is 13.2 Å². The highest BCUT2D eigenvalue weighted by Gasteiger charge is 2.52. The number of rotatable bonds is 8. The van der Waals surface area contributed by atoms with Crippen LogP contribution in [0.5, 0.6) is 0 Å². The van der Waals surface area contributed by atoms with E-state index in [1.54, 1.807) is 0 Å². The molecule has 1 aliphatic carbocycles. The van der Waals surface area contributed by atoms with Crippen molar-refractivity contribution in [3.05, 3.63) is 25.3 Å². The Bertz CT molecular complexity index is 598. The molecule has 8 heteroatoms. The molecule has 2 aliphatic rings. The van der Waals surface area contributed by atoms with Gasteiger partial charge < -0.3 is 5.32 Å². The van der Waals surface area contributed by atoms with E-state index in [4.69, 9.17) is 0 Å². The standard InChI is InChI=1S/C15H23N3O4S/c1-3-9-17(10-4-2)23(21,22)12-11-18-13(19)15(16-14(18)20)7-5-6-8-15/h3-4H,1-2,5-12H2,(H,16,20). The van der Waals surface area contributed by atoms with Crippen LogP contribution in [0.2, 0.25) is 0 Å². The second-order valence-electron chi connectivity index (χ2n) is 5.89. The number of hydrogen-bond donors (Lipinski definition) is 1. The van der Waals surface area contributed by atoms with Gasteiger partial charge in [-0.3, -0.25) is 9.69 Å². The van der Waals surface area contributed by atoms with Gasteiger partial charge in [0.2, 0.25) is 10.0 Å². The Morgan fingerprint density at radius 1 is 1.17 bits per heavy atom. The summed E-state index contributed by atoms with van der Waals surface area (Å²) in [6.07, 6.45) is 6.01. The van der Waals surface area contributed by atoms with Gasteiger partial charge >= 0.3 is 6.03 Å². The number of hydrogen-bond acceptors (Lipinski definition) is 4. The average Bonchev–Trinajstić information content (AvgIpc) is 3.04. The highest BCUT2D eigenvalue weighted by molar-refractivity contribution is 7.89. The van der Waals surface area contributed by atoms with Crippen LogP contribution in [0.25, 0.3) is 0 Å². The van der Waals surface area contributed by atoms with Crippen LogP contribution >= 0.6 is 0 Å². The second kappa shape index (κ2) is 6.84. The fourth-order valence-corrected chi connectivity index (χ4v) is 4.46. The maximum Gasteiger partial charge on any atom is 0.325 e. The molecular weight excluding hydrogens is 318 g/mol. The van der Waals surface area contributed by atoms with Crippen LogP contribution in [-0.4, -0.2) is 60.5 Å². The first-order valence-corrected chi connectivity index (χ1v) is 9.31. The second-order valence-corrected chi connectivity index (χ2v) is 7.97. The summed E-state index contributed by atoms with van der Waals surface area (Å²) < 4.78 is 25.9. The van der Waals surface area contributed by atoms with E-state index in [1.165, 1.54) is 16.5 Å². The van der Waals surface area contributed by atoms with Gasteiger partial charge in [0.1, 0.15) is 5.54 Å². The molecule has 1 saturated heterocycles. The highest BCUT2D eigenvalue weighted by atomic mass is 32.2. The van der Waals surface area contributed by atoms with Crippen molar-refractivity contribution < 1.29 is 18.0 Å². The van der Waals surface area contributed by atoms with Crippen LogP contribution < -0.4 is 5.32 Å². The summed E-state index contributed by atoms with van der Waals surface area (Å²) in [4.78, 5) is 25.5. The van der Waals surface area contributed by atoms with Gasteiger partial charge in [0, 0.05) is 19.6 Å². The molecule has 1 spiro atoms. The number of carbonyl (C=O) groups excluding carboxylic acids is 2. The highest BCUT2D eigenvalue weighted by Crippen LogP contribution is 2.34. The van der Waals surface area contributed by atoms with Gasteiger partial charge in [0.25, 0.3) is 5.91 Å². The Morgan fingerprint density at radius 2 is 1.74 bits per heavy atom. The lowest BCUT2D eigenvalue weighted by Gasteiger charge is -2.22. The summed E-state index contributed by atoms with van der Waals surface area (Å²) in [5.41, 5.74) is -0.803. The minimum atomic E-state index is -3.60. The summed E-state index contributed by atoms with van der Waals surface area (Å²) in [6.45, 7) is 7.26. The third kappa shape index (κ3) is 3.48. The van der Waals surface area contributed by atoms with Gasteiger partial charge in [-0.05, 0) is 12.8 Å². The third-order valence-corrected chi connectivity index (χ3v) is 6.12. The summed E-state index contributed by atoms with van der Waals surface area (Å²) in [5.74, 6) is -0.599. The predicted molar refractivity (Wildman–Crippen MR) is 87.2 cm³/mol. The van der Waals surface area contributed by atoms with Crippen LogP contribution in [0, 0.1) is 0 Å². The van der Waals surface area contributed by atoms with E-state index < -0.39 is 21.6 Å². The SMILES string of the molecule is C=CCN(CC=C)S(=O)(=O)CCN1C(=O)NC2(CCCC2)C1=O. The number of sulfonamides is 1. The molecule has 7 nitrogen and oxygen atoms in total. The monoisotopic (exact) mass is 341 g/mol. The lowest BCUT2D eigenvalue weighted by Crippen LogP contribution is -2.44. The van der Waals surface area contributed by atoms with Gasteiger partial charge in [-0.25, -0.2) is 13.2 Å². The molecule has 0 aromatic rings. The lowest BCUT2D eigenvalue weighted by molar-refractivity contribution is -0.130. The van der Waals surface area contributed by atoms with E-state index >= 15 is 0 Å². The summed E-state index contributed by atoms with van der Waals surface area (Å²) in [5, 5.41) is 2.74. The van der Waals surface area contributed by atoms with E-state index in [2.05, 4.69) is 18.5 Å². The first kappa shape index (κ1) is 17.7. The molecule has 23 heavy (non-hydrogen) atoms. The molecule has 2 rings (SSSR count). The summed E-state index contributed by atoms with van der Waals surface area (Å²) in [7, 11) is -3.60. The topological polar surface area (TPSA) is 86.8 Å². The normalized spacial score (nSPS) is 20.3. The molecule has 0 bridgehead atoms. The Morgan fingerprint density at radius 3 is 2.26 bits per heavy atom. The molecule has 128 valence electrons. The van der Waals surface area contributed by atoms with Crippen molar-refractivity contribution in [3.8, 4) is 0 Å². The number of nitrogens with one attached hydrogen (secondary N) is 1. The zero-order chi connectivity index (χ0) is 17.1. The van der Waals surface area contributed by atoms with Gasteiger partial charge in [-0.1, -0.05) is 25.0 Å². The van der Waals surface area contributed by atoms with E-state index in [-0.39, 0.29) is 31.3 Å². The molecule has 2 fully saturated rings. The van der Waals surface area contributed by atoms with Crippen molar-refractivity contribution in [3.63, 3.8) is 0 Å². The number of urea groups is 1. The zero-order valence-electron chi connectivity index (χ0n) is 13.2. The molecule has 0 atom stereocenters. The van der Waals surface area contributed by atoms with Crippen molar-refractivity contribution in [2.75, 3.05) is 25.4 Å². The van der Waals surface area contributed by atoms with Crippen LogP contribution in [0.4, 0.5) is 4.79 Å². The molecule has 0 aromatic carbocycles. The fourth-order valence-electron chi connectivity index (χ4n) is 3.12. The first-order valence-electron chi connectivity index (χ1n) is 7.70. The third-order valence-electron chi connectivity index (χ3n) is 4.33.